The van der Waals surface area contributed by atoms with Gasteiger partial charge in [0.15, 0.2) is 0 Å². The molecular formula is C7H10. The van der Waals surface area contributed by atoms with Crippen molar-refractivity contribution in [2.24, 2.45) is 17.8 Å². The lowest BCUT2D eigenvalue weighted by molar-refractivity contribution is 0.450. The Bertz CT molecular complexity index is 124. The Morgan fingerprint density at radius 1 is 1.71 bits per heavy atom. The van der Waals surface area contributed by atoms with Crippen molar-refractivity contribution in [1.29, 1.82) is 0 Å². The minimum Gasteiger partial charge on any atom is -0.0993 e. The monoisotopic (exact) mass is 94.1 g/mol. The Labute approximate surface area is 44.2 Å². The summed E-state index contributed by atoms with van der Waals surface area (Å²) in [6.45, 7) is 6.25. The molecule has 38 valence electrons. The van der Waals surface area contributed by atoms with Crippen molar-refractivity contribution in [2.75, 3.05) is 0 Å². The van der Waals surface area contributed by atoms with Crippen LogP contribution in [0.25, 0.3) is 0 Å². The lowest BCUT2D eigenvalue weighted by Gasteiger charge is -2.23. The summed E-state index contributed by atoms with van der Waals surface area (Å²) >= 11 is 0. The molecule has 0 aliphatic heterocycles. The van der Waals surface area contributed by atoms with Crippen LogP contribution in [0.5, 0.6) is 0 Å². The molecule has 3 atom stereocenters. The zero-order valence-corrected chi connectivity index (χ0v) is 4.65. The highest BCUT2D eigenvalue weighted by atomic mass is 14.6. The van der Waals surface area contributed by atoms with Crippen molar-refractivity contribution in [3.8, 4) is 0 Å². The first-order valence-corrected chi connectivity index (χ1v) is 2.99. The first-order chi connectivity index (χ1) is 3.30. The van der Waals surface area contributed by atoms with Gasteiger partial charge in [-0.05, 0) is 24.2 Å². The molecule has 2 saturated carbocycles. The van der Waals surface area contributed by atoms with E-state index in [1.54, 1.807) is 0 Å². The summed E-state index contributed by atoms with van der Waals surface area (Å²) in [6.07, 6.45) is 1.46. The normalized spacial score (nSPS) is 55.6. The summed E-state index contributed by atoms with van der Waals surface area (Å²) in [5.74, 6) is 2.94. The van der Waals surface area contributed by atoms with Crippen LogP contribution in [0.2, 0.25) is 0 Å². The standard InChI is InChI=1S/C7H10/c1-4-5(2)7-3-6(4)7/h5-7H,1,3H2,2H3. The van der Waals surface area contributed by atoms with Gasteiger partial charge in [-0.1, -0.05) is 19.1 Å². The second-order valence-electron chi connectivity index (χ2n) is 2.87. The van der Waals surface area contributed by atoms with Gasteiger partial charge in [-0.3, -0.25) is 0 Å². The molecule has 0 aromatic carbocycles. The van der Waals surface area contributed by atoms with Gasteiger partial charge in [-0.2, -0.15) is 0 Å². The van der Waals surface area contributed by atoms with Crippen LogP contribution in [-0.2, 0) is 0 Å². The summed E-state index contributed by atoms with van der Waals surface area (Å²) in [5, 5.41) is 0. The Morgan fingerprint density at radius 2 is 2.43 bits per heavy atom. The summed E-state index contributed by atoms with van der Waals surface area (Å²) in [5.41, 5.74) is 1.52. The van der Waals surface area contributed by atoms with Crippen LogP contribution in [0, 0.1) is 17.8 Å². The third-order valence-corrected chi connectivity index (χ3v) is 2.54. The summed E-state index contributed by atoms with van der Waals surface area (Å²) in [6, 6.07) is 0. The van der Waals surface area contributed by atoms with E-state index in [1.807, 2.05) is 0 Å². The molecule has 0 aromatic rings. The molecule has 3 unspecified atom stereocenters. The fourth-order valence-corrected chi connectivity index (χ4v) is 1.69. The van der Waals surface area contributed by atoms with Crippen LogP contribution in [0.1, 0.15) is 13.3 Å². The molecule has 0 aromatic heterocycles. The number of hydrogen-bond donors (Lipinski definition) is 0. The lowest BCUT2D eigenvalue weighted by atomic mass is 9.82. The molecule has 0 nitrogen and oxygen atoms in total. The second kappa shape index (κ2) is 0.795. The fourth-order valence-electron chi connectivity index (χ4n) is 1.69. The average molecular weight is 94.2 g/mol. The maximum atomic E-state index is 3.96. The minimum absolute atomic E-state index is 0.880. The van der Waals surface area contributed by atoms with Gasteiger partial charge in [0, 0.05) is 0 Å². The van der Waals surface area contributed by atoms with Crippen LogP contribution < -0.4 is 0 Å². The van der Waals surface area contributed by atoms with Crippen molar-refractivity contribution in [3.63, 3.8) is 0 Å². The Kier molecular flexibility index (Phi) is 0.421. The average Bonchev–Trinajstić information content (AvgIpc) is 2.39. The fraction of sp³-hybridized carbons (Fsp3) is 0.714. The van der Waals surface area contributed by atoms with E-state index in [9.17, 15) is 0 Å². The highest BCUT2D eigenvalue weighted by Gasteiger charge is 2.53. The van der Waals surface area contributed by atoms with Gasteiger partial charge in [0.25, 0.3) is 0 Å². The molecule has 0 heterocycles. The second-order valence-corrected chi connectivity index (χ2v) is 2.87. The van der Waals surface area contributed by atoms with E-state index < -0.39 is 0 Å². The third kappa shape index (κ3) is 0.255. The van der Waals surface area contributed by atoms with E-state index in [1.165, 1.54) is 12.0 Å². The predicted octanol–water partition coefficient (Wildman–Crippen LogP) is 1.83. The molecule has 2 rings (SSSR count). The van der Waals surface area contributed by atoms with Crippen molar-refractivity contribution in [2.45, 2.75) is 13.3 Å². The molecule has 0 spiro atoms. The number of hydrogen-bond acceptors (Lipinski definition) is 0. The highest BCUT2D eigenvalue weighted by Crippen LogP contribution is 2.62. The Hall–Kier alpha value is -0.260. The molecule has 0 N–H and O–H groups in total. The van der Waals surface area contributed by atoms with Crippen LogP contribution in [-0.4, -0.2) is 0 Å². The Morgan fingerprint density at radius 3 is 2.57 bits per heavy atom. The summed E-state index contributed by atoms with van der Waals surface area (Å²) in [7, 11) is 0. The van der Waals surface area contributed by atoms with Gasteiger partial charge in [-0.25, -0.2) is 0 Å². The lowest BCUT2D eigenvalue weighted by Crippen LogP contribution is -2.14. The van der Waals surface area contributed by atoms with Gasteiger partial charge in [0.05, 0.1) is 0 Å². The number of rotatable bonds is 0. The molecule has 7 heavy (non-hydrogen) atoms. The highest BCUT2D eigenvalue weighted by molar-refractivity contribution is 5.28. The third-order valence-electron chi connectivity index (χ3n) is 2.54. The van der Waals surface area contributed by atoms with Gasteiger partial charge in [0.2, 0.25) is 0 Å². The van der Waals surface area contributed by atoms with Gasteiger partial charge >= 0.3 is 0 Å². The first kappa shape index (κ1) is 3.71. The van der Waals surface area contributed by atoms with E-state index in [2.05, 4.69) is 13.5 Å². The van der Waals surface area contributed by atoms with Crippen LogP contribution in [0.4, 0.5) is 0 Å². The molecule has 0 bridgehead atoms. The molecule has 0 radical (unpaired) electrons. The van der Waals surface area contributed by atoms with E-state index >= 15 is 0 Å². The Balaban J connectivity index is 2.22. The largest absolute Gasteiger partial charge is 0.0993 e. The zero-order chi connectivity index (χ0) is 5.02. The number of fused-ring (bicyclic) bond motifs is 1. The molecular weight excluding hydrogens is 84.1 g/mol. The first-order valence-electron chi connectivity index (χ1n) is 2.99. The minimum atomic E-state index is 0.880. The molecule has 2 aliphatic rings. The maximum Gasteiger partial charge on any atom is -0.0166 e. The summed E-state index contributed by atoms with van der Waals surface area (Å²) < 4.78 is 0. The van der Waals surface area contributed by atoms with Crippen molar-refractivity contribution in [1.82, 2.24) is 0 Å². The topological polar surface area (TPSA) is 0 Å². The van der Waals surface area contributed by atoms with E-state index in [0.29, 0.717) is 0 Å². The van der Waals surface area contributed by atoms with Crippen molar-refractivity contribution >= 4 is 0 Å². The van der Waals surface area contributed by atoms with Crippen LogP contribution in [0.15, 0.2) is 12.2 Å². The molecule has 0 amide bonds. The predicted molar refractivity (Wildman–Crippen MR) is 29.9 cm³/mol. The molecule has 0 saturated heterocycles. The maximum absolute atomic E-state index is 3.96. The molecule has 2 aliphatic carbocycles. The van der Waals surface area contributed by atoms with E-state index in [0.717, 1.165) is 17.8 Å². The quantitative estimate of drug-likeness (QED) is 0.402. The van der Waals surface area contributed by atoms with Gasteiger partial charge in [0.1, 0.15) is 0 Å². The summed E-state index contributed by atoms with van der Waals surface area (Å²) in [4.78, 5) is 0. The van der Waals surface area contributed by atoms with Crippen LogP contribution in [0.3, 0.4) is 0 Å². The SMILES string of the molecule is C=C1C(C)C2CC12. The number of allylic oxidation sites excluding steroid dienone is 1. The van der Waals surface area contributed by atoms with Crippen molar-refractivity contribution < 1.29 is 0 Å². The van der Waals surface area contributed by atoms with Gasteiger partial charge in [-0.15, -0.1) is 0 Å². The van der Waals surface area contributed by atoms with Crippen LogP contribution >= 0.6 is 0 Å². The zero-order valence-electron chi connectivity index (χ0n) is 4.65. The van der Waals surface area contributed by atoms with Crippen molar-refractivity contribution in [3.05, 3.63) is 12.2 Å². The van der Waals surface area contributed by atoms with Gasteiger partial charge < -0.3 is 0 Å². The van der Waals surface area contributed by atoms with E-state index in [4.69, 9.17) is 0 Å². The molecule has 2 fully saturated rings. The molecule has 0 heteroatoms. The smallest absolute Gasteiger partial charge is 0.0166 e. The van der Waals surface area contributed by atoms with E-state index in [-0.39, 0.29) is 0 Å².